The number of amides is 1. The van der Waals surface area contributed by atoms with E-state index in [4.69, 9.17) is 0 Å². The first-order valence-corrected chi connectivity index (χ1v) is 8.25. The molecule has 0 saturated carbocycles. The van der Waals surface area contributed by atoms with Crippen molar-refractivity contribution >= 4 is 27.7 Å². The molecule has 3 N–H and O–H groups in total. The van der Waals surface area contributed by atoms with Crippen LogP contribution in [0.4, 0.5) is 16.2 Å². The van der Waals surface area contributed by atoms with Gasteiger partial charge >= 0.3 is 16.3 Å². The first kappa shape index (κ1) is 15.4. The van der Waals surface area contributed by atoms with E-state index in [1.54, 1.807) is 23.8 Å². The molecule has 0 spiro atoms. The second-order valence-corrected chi connectivity index (χ2v) is 6.27. The van der Waals surface area contributed by atoms with Crippen molar-refractivity contribution in [2.75, 3.05) is 16.6 Å². The molecule has 0 aromatic heterocycles. The van der Waals surface area contributed by atoms with Crippen LogP contribution in [0.3, 0.4) is 0 Å². The second-order valence-electron chi connectivity index (χ2n) is 4.85. The molecule has 21 heavy (non-hydrogen) atoms. The zero-order valence-electron chi connectivity index (χ0n) is 12.0. The van der Waals surface area contributed by atoms with Crippen molar-refractivity contribution in [3.8, 4) is 0 Å². The predicted octanol–water partition coefficient (Wildman–Crippen LogP) is 1.84. The van der Waals surface area contributed by atoms with Crippen molar-refractivity contribution in [1.82, 2.24) is 4.72 Å². The van der Waals surface area contributed by atoms with E-state index in [0.29, 0.717) is 5.69 Å². The van der Waals surface area contributed by atoms with Crippen LogP contribution >= 0.6 is 0 Å². The van der Waals surface area contributed by atoms with Gasteiger partial charge in [-0.3, -0.25) is 4.72 Å². The molecular weight excluding hydrogens is 294 g/mol. The van der Waals surface area contributed by atoms with Crippen LogP contribution in [0.25, 0.3) is 0 Å². The van der Waals surface area contributed by atoms with Gasteiger partial charge in [0.2, 0.25) is 0 Å². The van der Waals surface area contributed by atoms with Gasteiger partial charge in [0.25, 0.3) is 0 Å². The lowest BCUT2D eigenvalue weighted by Crippen LogP contribution is -2.36. The normalized spacial score (nSPS) is 17.3. The number of anilines is 2. The maximum absolute atomic E-state index is 11.9. The van der Waals surface area contributed by atoms with E-state index < -0.39 is 16.3 Å². The van der Waals surface area contributed by atoms with E-state index in [1.165, 1.54) is 0 Å². The molecule has 1 aliphatic rings. The highest BCUT2D eigenvalue weighted by molar-refractivity contribution is 7.91. The maximum atomic E-state index is 11.9. The summed E-state index contributed by atoms with van der Waals surface area (Å²) in [6.45, 7) is 3.73. The minimum absolute atomic E-state index is 0.0984. The SMILES string of the molecule is CCOC(=O)NS(=O)(=O)Nc1cccc2c1NC(C)CC2. The smallest absolute Gasteiger partial charge is 0.422 e. The van der Waals surface area contributed by atoms with E-state index in [2.05, 4.69) is 14.8 Å². The Kier molecular flexibility index (Phi) is 4.56. The molecule has 1 unspecified atom stereocenters. The molecule has 0 bridgehead atoms. The standard InChI is InChI=1S/C13H19N3O4S/c1-3-20-13(17)16-21(18,19)15-11-6-4-5-10-8-7-9(2)14-12(10)11/h4-6,9,14-15H,3,7-8H2,1-2H3,(H,16,17). The van der Waals surface area contributed by atoms with E-state index in [-0.39, 0.29) is 12.6 Å². The first-order chi connectivity index (χ1) is 9.91. The van der Waals surface area contributed by atoms with Crippen LogP contribution in [0, 0.1) is 0 Å². The summed E-state index contributed by atoms with van der Waals surface area (Å²) in [5.41, 5.74) is 2.21. The highest BCUT2D eigenvalue weighted by atomic mass is 32.2. The Labute approximate surface area is 124 Å². The number of carbonyl (C=O) groups is 1. The number of hydrogen-bond acceptors (Lipinski definition) is 5. The van der Waals surface area contributed by atoms with Gasteiger partial charge < -0.3 is 10.1 Å². The van der Waals surface area contributed by atoms with Crippen LogP contribution in [-0.2, 0) is 21.4 Å². The molecule has 0 aliphatic carbocycles. The third-order valence-electron chi connectivity index (χ3n) is 3.13. The van der Waals surface area contributed by atoms with Crippen molar-refractivity contribution in [3.05, 3.63) is 23.8 Å². The number of fused-ring (bicyclic) bond motifs is 1. The fraction of sp³-hybridized carbons (Fsp3) is 0.462. The molecule has 1 heterocycles. The zero-order valence-corrected chi connectivity index (χ0v) is 12.8. The number of benzene rings is 1. The van der Waals surface area contributed by atoms with Crippen molar-refractivity contribution < 1.29 is 17.9 Å². The molecule has 8 heteroatoms. The minimum atomic E-state index is -4.02. The van der Waals surface area contributed by atoms with Crippen molar-refractivity contribution in [3.63, 3.8) is 0 Å². The van der Waals surface area contributed by atoms with E-state index >= 15 is 0 Å². The molecule has 1 atom stereocenters. The van der Waals surface area contributed by atoms with E-state index in [1.807, 2.05) is 13.0 Å². The summed E-state index contributed by atoms with van der Waals surface area (Å²) in [5.74, 6) is 0. The van der Waals surface area contributed by atoms with Crippen LogP contribution in [0.1, 0.15) is 25.8 Å². The molecule has 2 rings (SSSR count). The van der Waals surface area contributed by atoms with Gasteiger partial charge in [0.15, 0.2) is 0 Å². The van der Waals surface area contributed by atoms with Crippen molar-refractivity contribution in [2.45, 2.75) is 32.7 Å². The minimum Gasteiger partial charge on any atom is -0.449 e. The number of ether oxygens (including phenoxy) is 1. The highest BCUT2D eigenvalue weighted by Crippen LogP contribution is 2.32. The lowest BCUT2D eigenvalue weighted by atomic mass is 9.98. The van der Waals surface area contributed by atoms with Crippen LogP contribution in [0.15, 0.2) is 18.2 Å². The van der Waals surface area contributed by atoms with Crippen molar-refractivity contribution in [1.29, 1.82) is 0 Å². The number of para-hydroxylation sites is 1. The van der Waals surface area contributed by atoms with Crippen molar-refractivity contribution in [2.24, 2.45) is 0 Å². The van der Waals surface area contributed by atoms with Gasteiger partial charge in [0.05, 0.1) is 18.0 Å². The summed E-state index contributed by atoms with van der Waals surface area (Å²) in [4.78, 5) is 11.2. The number of aryl methyl sites for hydroxylation is 1. The zero-order chi connectivity index (χ0) is 15.5. The second kappa shape index (κ2) is 6.21. The van der Waals surface area contributed by atoms with Gasteiger partial charge in [-0.25, -0.2) is 9.52 Å². The number of carbonyl (C=O) groups excluding carboxylic acids is 1. The quantitative estimate of drug-likeness (QED) is 0.788. The summed E-state index contributed by atoms with van der Waals surface area (Å²) >= 11 is 0. The third-order valence-corrected chi connectivity index (χ3v) is 4.05. The van der Waals surface area contributed by atoms with Gasteiger partial charge in [-0.1, -0.05) is 12.1 Å². The summed E-state index contributed by atoms with van der Waals surface area (Å²) in [7, 11) is -4.02. The van der Waals surface area contributed by atoms with E-state index in [0.717, 1.165) is 24.1 Å². The average Bonchev–Trinajstić information content (AvgIpc) is 2.38. The molecule has 1 aliphatic heterocycles. The van der Waals surface area contributed by atoms with Gasteiger partial charge in [-0.2, -0.15) is 8.42 Å². The summed E-state index contributed by atoms with van der Waals surface area (Å²) in [5, 5.41) is 3.26. The number of hydrogen-bond donors (Lipinski definition) is 3. The fourth-order valence-corrected chi connectivity index (χ4v) is 2.98. The average molecular weight is 313 g/mol. The highest BCUT2D eigenvalue weighted by Gasteiger charge is 2.21. The monoisotopic (exact) mass is 313 g/mol. The lowest BCUT2D eigenvalue weighted by Gasteiger charge is -2.26. The molecular formula is C13H19N3O4S. The van der Waals surface area contributed by atoms with Crippen LogP contribution in [-0.4, -0.2) is 27.2 Å². The summed E-state index contributed by atoms with van der Waals surface area (Å²) < 4.78 is 32.5. The predicted molar refractivity (Wildman–Crippen MR) is 80.5 cm³/mol. The molecule has 0 fully saturated rings. The Hall–Kier alpha value is -1.96. The van der Waals surface area contributed by atoms with Gasteiger partial charge in [-0.15, -0.1) is 0 Å². The molecule has 7 nitrogen and oxygen atoms in total. The lowest BCUT2D eigenvalue weighted by molar-refractivity contribution is 0.159. The number of nitrogens with one attached hydrogen (secondary N) is 3. The fourth-order valence-electron chi connectivity index (χ4n) is 2.20. The molecule has 0 saturated heterocycles. The first-order valence-electron chi connectivity index (χ1n) is 6.77. The Morgan fingerprint density at radius 2 is 2.24 bits per heavy atom. The van der Waals surface area contributed by atoms with Crippen LogP contribution in [0.5, 0.6) is 0 Å². The Balaban J connectivity index is 2.18. The Bertz CT molecular complexity index is 630. The Morgan fingerprint density at radius 3 is 2.95 bits per heavy atom. The molecule has 116 valence electrons. The molecule has 0 radical (unpaired) electrons. The Morgan fingerprint density at radius 1 is 1.48 bits per heavy atom. The topological polar surface area (TPSA) is 96.5 Å². The summed E-state index contributed by atoms with van der Waals surface area (Å²) in [6, 6.07) is 5.64. The summed E-state index contributed by atoms with van der Waals surface area (Å²) in [6.07, 6.45) is 0.866. The number of rotatable bonds is 4. The largest absolute Gasteiger partial charge is 0.449 e. The molecule has 1 aromatic rings. The molecule has 1 amide bonds. The van der Waals surface area contributed by atoms with Crippen LogP contribution in [0.2, 0.25) is 0 Å². The third kappa shape index (κ3) is 4.01. The van der Waals surface area contributed by atoms with Gasteiger partial charge in [0.1, 0.15) is 0 Å². The van der Waals surface area contributed by atoms with E-state index in [9.17, 15) is 13.2 Å². The maximum Gasteiger partial charge on any atom is 0.422 e. The van der Waals surface area contributed by atoms with Gasteiger partial charge in [0, 0.05) is 6.04 Å². The molecule has 1 aromatic carbocycles. The van der Waals surface area contributed by atoms with Crippen LogP contribution < -0.4 is 14.8 Å². The van der Waals surface area contributed by atoms with Gasteiger partial charge in [-0.05, 0) is 38.3 Å².